The first-order valence-corrected chi connectivity index (χ1v) is 25.2. The molecule has 0 rings (SSSR count). The molecule has 0 aliphatic carbocycles. The van der Waals surface area contributed by atoms with Gasteiger partial charge >= 0.3 is 17.9 Å². The first-order valence-electron chi connectivity index (χ1n) is 25.2. The zero-order valence-corrected chi connectivity index (χ0v) is 38.4. The summed E-state index contributed by atoms with van der Waals surface area (Å²) >= 11 is 0. The number of hydrogen-bond donors (Lipinski definition) is 0. The van der Waals surface area contributed by atoms with Crippen molar-refractivity contribution in [2.24, 2.45) is 0 Å². The van der Waals surface area contributed by atoms with Crippen molar-refractivity contribution in [2.75, 3.05) is 13.2 Å². The third-order valence-corrected chi connectivity index (χ3v) is 11.3. The third kappa shape index (κ3) is 45.1. The Morgan fingerprint density at radius 1 is 0.333 bits per heavy atom. The van der Waals surface area contributed by atoms with Gasteiger partial charge in [-0.3, -0.25) is 14.4 Å². The van der Waals surface area contributed by atoms with E-state index in [1.54, 1.807) is 0 Å². The SMILES string of the molecule is CCC/C=C\CCCCCCCC(=O)OCC(COC(=O)CCCCCCCCCCCCCCCCCCCC)OC(=O)CCCCCCCCCCCCC. The summed E-state index contributed by atoms with van der Waals surface area (Å²) in [7, 11) is 0. The highest BCUT2D eigenvalue weighted by molar-refractivity contribution is 5.71. The molecule has 1 atom stereocenters. The molecule has 0 N–H and O–H groups in total. The van der Waals surface area contributed by atoms with Gasteiger partial charge in [-0.15, -0.1) is 0 Å². The second-order valence-corrected chi connectivity index (χ2v) is 17.1. The minimum Gasteiger partial charge on any atom is -0.462 e. The molecule has 6 heteroatoms. The molecule has 1 unspecified atom stereocenters. The van der Waals surface area contributed by atoms with Crippen LogP contribution >= 0.6 is 0 Å². The van der Waals surface area contributed by atoms with Crippen LogP contribution in [0.15, 0.2) is 12.2 Å². The lowest BCUT2D eigenvalue weighted by molar-refractivity contribution is -0.167. The molecule has 0 saturated heterocycles. The van der Waals surface area contributed by atoms with Gasteiger partial charge in [-0.1, -0.05) is 232 Å². The van der Waals surface area contributed by atoms with Crippen LogP contribution in [0.2, 0.25) is 0 Å². The Balaban J connectivity index is 4.24. The fraction of sp³-hybridized carbons (Fsp3) is 0.902. The largest absolute Gasteiger partial charge is 0.462 e. The predicted molar refractivity (Wildman–Crippen MR) is 243 cm³/mol. The highest BCUT2D eigenvalue weighted by Crippen LogP contribution is 2.16. The zero-order chi connectivity index (χ0) is 41.5. The lowest BCUT2D eigenvalue weighted by Crippen LogP contribution is -2.30. The topological polar surface area (TPSA) is 78.9 Å². The number of esters is 3. The van der Waals surface area contributed by atoms with Gasteiger partial charge in [0.05, 0.1) is 0 Å². The fourth-order valence-corrected chi connectivity index (χ4v) is 7.45. The Labute approximate surface area is 354 Å². The molecule has 0 aliphatic heterocycles. The summed E-state index contributed by atoms with van der Waals surface area (Å²) in [4.78, 5) is 37.8. The number of carbonyl (C=O) groups excluding carboxylic acids is 3. The summed E-state index contributed by atoms with van der Waals surface area (Å²) in [5, 5.41) is 0. The van der Waals surface area contributed by atoms with Crippen LogP contribution in [0.4, 0.5) is 0 Å². The van der Waals surface area contributed by atoms with Crippen LogP contribution in [0.1, 0.15) is 278 Å². The number of carbonyl (C=O) groups is 3. The average molecular weight is 805 g/mol. The fourth-order valence-electron chi connectivity index (χ4n) is 7.45. The maximum absolute atomic E-state index is 12.7. The Kier molecular flexibility index (Phi) is 45.3. The molecule has 0 saturated carbocycles. The predicted octanol–water partition coefficient (Wildman–Crippen LogP) is 16.2. The first-order chi connectivity index (χ1) is 28.0. The Bertz CT molecular complexity index is 885. The average Bonchev–Trinajstić information content (AvgIpc) is 3.21. The van der Waals surface area contributed by atoms with Crippen molar-refractivity contribution in [2.45, 2.75) is 284 Å². The molecule has 0 aromatic rings. The molecular formula is C51H96O6. The van der Waals surface area contributed by atoms with Crippen molar-refractivity contribution in [3.63, 3.8) is 0 Å². The molecule has 57 heavy (non-hydrogen) atoms. The molecule has 0 fully saturated rings. The summed E-state index contributed by atoms with van der Waals surface area (Å²) in [6.07, 6.45) is 50.6. The second-order valence-electron chi connectivity index (χ2n) is 17.1. The number of hydrogen-bond acceptors (Lipinski definition) is 6. The lowest BCUT2D eigenvalue weighted by Gasteiger charge is -2.18. The Morgan fingerprint density at radius 3 is 0.947 bits per heavy atom. The van der Waals surface area contributed by atoms with E-state index >= 15 is 0 Å². The molecule has 6 nitrogen and oxygen atoms in total. The summed E-state index contributed by atoms with van der Waals surface area (Å²) in [6, 6.07) is 0. The van der Waals surface area contributed by atoms with E-state index in [-0.39, 0.29) is 31.1 Å². The summed E-state index contributed by atoms with van der Waals surface area (Å²) in [5.74, 6) is -0.866. The minimum absolute atomic E-state index is 0.0676. The quantitative estimate of drug-likeness (QED) is 0.0264. The van der Waals surface area contributed by atoms with E-state index in [9.17, 15) is 14.4 Å². The van der Waals surface area contributed by atoms with Gasteiger partial charge in [0, 0.05) is 19.3 Å². The van der Waals surface area contributed by atoms with Crippen LogP contribution in [0, 0.1) is 0 Å². The first kappa shape index (κ1) is 55.2. The number of allylic oxidation sites excluding steroid dienone is 2. The van der Waals surface area contributed by atoms with Crippen LogP contribution in [0.25, 0.3) is 0 Å². The van der Waals surface area contributed by atoms with Gasteiger partial charge in [0.2, 0.25) is 0 Å². The summed E-state index contributed by atoms with van der Waals surface area (Å²) < 4.78 is 16.7. The van der Waals surface area contributed by atoms with Crippen LogP contribution in [-0.2, 0) is 28.6 Å². The van der Waals surface area contributed by atoms with Crippen molar-refractivity contribution in [3.05, 3.63) is 12.2 Å². The molecule has 0 radical (unpaired) electrons. The number of ether oxygens (including phenoxy) is 3. The van der Waals surface area contributed by atoms with Gasteiger partial charge in [0.1, 0.15) is 13.2 Å². The number of unbranched alkanes of at least 4 members (excludes halogenated alkanes) is 33. The van der Waals surface area contributed by atoms with Gasteiger partial charge in [0.25, 0.3) is 0 Å². The van der Waals surface area contributed by atoms with Gasteiger partial charge in [-0.05, 0) is 38.5 Å². The van der Waals surface area contributed by atoms with Gasteiger partial charge in [-0.25, -0.2) is 0 Å². The van der Waals surface area contributed by atoms with Crippen LogP contribution in [0.5, 0.6) is 0 Å². The monoisotopic (exact) mass is 805 g/mol. The minimum atomic E-state index is -0.765. The van der Waals surface area contributed by atoms with E-state index in [4.69, 9.17) is 14.2 Å². The third-order valence-electron chi connectivity index (χ3n) is 11.3. The highest BCUT2D eigenvalue weighted by Gasteiger charge is 2.19. The second kappa shape index (κ2) is 46.8. The highest BCUT2D eigenvalue weighted by atomic mass is 16.6. The molecular weight excluding hydrogens is 709 g/mol. The Hall–Kier alpha value is -1.85. The standard InChI is InChI=1S/C51H96O6/c1-4-7-10-13-16-19-22-23-24-25-26-27-28-30-32-35-38-41-44-50(53)56-47-48(46-55-49(52)43-40-37-34-31-21-18-15-12-9-6-3)57-51(54)45-42-39-36-33-29-20-17-14-11-8-5-2/h12,15,48H,4-11,13-14,16-47H2,1-3H3/b15-12-. The lowest BCUT2D eigenvalue weighted by atomic mass is 10.0. The molecule has 0 amide bonds. The maximum Gasteiger partial charge on any atom is 0.306 e. The normalized spacial score (nSPS) is 12.0. The van der Waals surface area contributed by atoms with Crippen molar-refractivity contribution in [1.82, 2.24) is 0 Å². The van der Waals surface area contributed by atoms with Gasteiger partial charge in [-0.2, -0.15) is 0 Å². The van der Waals surface area contributed by atoms with Crippen molar-refractivity contribution in [3.8, 4) is 0 Å². The van der Waals surface area contributed by atoms with E-state index in [0.717, 1.165) is 70.6 Å². The molecule has 0 bridgehead atoms. The summed E-state index contributed by atoms with van der Waals surface area (Å²) in [5.41, 5.74) is 0. The Morgan fingerprint density at radius 2 is 0.614 bits per heavy atom. The molecule has 0 heterocycles. The zero-order valence-electron chi connectivity index (χ0n) is 38.4. The molecule has 0 aromatic heterocycles. The maximum atomic E-state index is 12.7. The van der Waals surface area contributed by atoms with Gasteiger partial charge < -0.3 is 14.2 Å². The smallest absolute Gasteiger partial charge is 0.306 e. The van der Waals surface area contributed by atoms with E-state index < -0.39 is 6.10 Å². The summed E-state index contributed by atoms with van der Waals surface area (Å²) in [6.45, 7) is 6.59. The molecule has 336 valence electrons. The molecule has 0 aromatic carbocycles. The molecule has 0 spiro atoms. The van der Waals surface area contributed by atoms with Crippen LogP contribution in [-0.4, -0.2) is 37.2 Å². The van der Waals surface area contributed by atoms with Crippen LogP contribution in [0.3, 0.4) is 0 Å². The van der Waals surface area contributed by atoms with E-state index in [1.165, 1.54) is 167 Å². The number of rotatable bonds is 46. The van der Waals surface area contributed by atoms with Crippen molar-refractivity contribution >= 4 is 17.9 Å². The van der Waals surface area contributed by atoms with Crippen molar-refractivity contribution < 1.29 is 28.6 Å². The van der Waals surface area contributed by atoms with Crippen LogP contribution < -0.4 is 0 Å². The van der Waals surface area contributed by atoms with E-state index in [1.807, 2.05) is 0 Å². The van der Waals surface area contributed by atoms with E-state index in [2.05, 4.69) is 32.9 Å². The van der Waals surface area contributed by atoms with E-state index in [0.29, 0.717) is 19.3 Å². The molecule has 0 aliphatic rings. The van der Waals surface area contributed by atoms with Gasteiger partial charge in [0.15, 0.2) is 6.10 Å². The van der Waals surface area contributed by atoms with Crippen molar-refractivity contribution in [1.29, 1.82) is 0 Å².